The molecule has 6 heteroatoms. The number of benzene rings is 1. The molecule has 0 saturated heterocycles. The molecule has 1 heterocycles. The third kappa shape index (κ3) is 4.19. The molecule has 114 valence electrons. The highest BCUT2D eigenvalue weighted by atomic mass is 16.3. The number of aliphatic hydroxyl groups excluding tert-OH is 1. The maximum atomic E-state index is 11.7. The monoisotopic (exact) mass is 290 g/mol. The molecule has 0 bridgehead atoms. The molecule has 0 aliphatic carbocycles. The molecule has 2 aromatic rings. The fourth-order valence-electron chi connectivity index (χ4n) is 2.22. The van der Waals surface area contributed by atoms with Crippen molar-refractivity contribution in [3.05, 3.63) is 29.6 Å². The highest BCUT2D eigenvalue weighted by molar-refractivity contribution is 5.78. The third-order valence-corrected chi connectivity index (χ3v) is 3.35. The lowest BCUT2D eigenvalue weighted by Crippen LogP contribution is -2.40. The van der Waals surface area contributed by atoms with Crippen LogP contribution in [-0.2, 0) is 6.54 Å². The number of aromatic nitrogens is 2. The molecule has 4 N–H and O–H groups in total. The SMILES string of the molecule is Cc1cccc2[nH]c(CNC(=O)NC(C)CCCO)nc12. The summed E-state index contributed by atoms with van der Waals surface area (Å²) in [6.07, 6.45) is 1.44. The van der Waals surface area contributed by atoms with Crippen LogP contribution in [0.2, 0.25) is 0 Å². The summed E-state index contributed by atoms with van der Waals surface area (Å²) in [5.41, 5.74) is 3.02. The summed E-state index contributed by atoms with van der Waals surface area (Å²) in [6, 6.07) is 5.77. The third-order valence-electron chi connectivity index (χ3n) is 3.35. The smallest absolute Gasteiger partial charge is 0.315 e. The minimum absolute atomic E-state index is 0.0371. The minimum atomic E-state index is -0.224. The molecule has 0 radical (unpaired) electrons. The van der Waals surface area contributed by atoms with Crippen molar-refractivity contribution < 1.29 is 9.90 Å². The first-order valence-corrected chi connectivity index (χ1v) is 7.19. The quantitative estimate of drug-likeness (QED) is 0.654. The number of imidazole rings is 1. The average Bonchev–Trinajstić information content (AvgIpc) is 2.87. The van der Waals surface area contributed by atoms with E-state index in [1.807, 2.05) is 32.0 Å². The second-order valence-electron chi connectivity index (χ2n) is 5.25. The number of aliphatic hydroxyl groups is 1. The average molecular weight is 290 g/mol. The molecule has 0 aliphatic rings. The van der Waals surface area contributed by atoms with E-state index in [0.29, 0.717) is 13.0 Å². The Kier molecular flexibility index (Phi) is 5.16. The Morgan fingerprint density at radius 3 is 3.00 bits per heavy atom. The number of urea groups is 1. The number of hydrogen-bond acceptors (Lipinski definition) is 3. The predicted molar refractivity (Wildman–Crippen MR) is 82.0 cm³/mol. The van der Waals surface area contributed by atoms with Crippen molar-refractivity contribution in [2.75, 3.05) is 6.61 Å². The van der Waals surface area contributed by atoms with E-state index in [-0.39, 0.29) is 18.7 Å². The van der Waals surface area contributed by atoms with E-state index in [0.717, 1.165) is 28.8 Å². The highest BCUT2D eigenvalue weighted by Gasteiger charge is 2.08. The number of rotatable bonds is 6. The van der Waals surface area contributed by atoms with E-state index in [2.05, 4.69) is 20.6 Å². The Morgan fingerprint density at radius 1 is 1.48 bits per heavy atom. The molecule has 1 aromatic heterocycles. The number of para-hydroxylation sites is 1. The van der Waals surface area contributed by atoms with E-state index >= 15 is 0 Å². The van der Waals surface area contributed by atoms with Gasteiger partial charge in [0.25, 0.3) is 0 Å². The fourth-order valence-corrected chi connectivity index (χ4v) is 2.22. The summed E-state index contributed by atoms with van der Waals surface area (Å²) in [5, 5.41) is 14.4. The number of amides is 2. The number of carbonyl (C=O) groups excluding carboxylic acids is 1. The van der Waals surface area contributed by atoms with Crippen LogP contribution in [0.25, 0.3) is 11.0 Å². The molecule has 1 atom stereocenters. The number of aryl methyl sites for hydroxylation is 1. The molecule has 0 aliphatic heterocycles. The highest BCUT2D eigenvalue weighted by Crippen LogP contribution is 2.15. The molecular formula is C15H22N4O2. The standard InChI is InChI=1S/C15H22N4O2/c1-10-5-3-7-12-14(10)19-13(18-12)9-16-15(21)17-11(2)6-4-8-20/h3,5,7,11,20H,4,6,8-9H2,1-2H3,(H,18,19)(H2,16,17,21). The van der Waals surface area contributed by atoms with Crippen LogP contribution >= 0.6 is 0 Å². The van der Waals surface area contributed by atoms with Gasteiger partial charge in [-0.2, -0.15) is 0 Å². The van der Waals surface area contributed by atoms with E-state index in [1.165, 1.54) is 0 Å². The van der Waals surface area contributed by atoms with Crippen LogP contribution < -0.4 is 10.6 Å². The zero-order valence-electron chi connectivity index (χ0n) is 12.4. The molecule has 21 heavy (non-hydrogen) atoms. The predicted octanol–water partition coefficient (Wildman–Crippen LogP) is 1.83. The van der Waals surface area contributed by atoms with Crippen molar-refractivity contribution in [3.8, 4) is 0 Å². The second kappa shape index (κ2) is 7.08. The second-order valence-corrected chi connectivity index (χ2v) is 5.25. The Bertz CT molecular complexity index is 609. The van der Waals surface area contributed by atoms with Crippen LogP contribution in [0, 0.1) is 6.92 Å². The van der Waals surface area contributed by atoms with Gasteiger partial charge in [-0.1, -0.05) is 12.1 Å². The molecule has 0 saturated carbocycles. The zero-order chi connectivity index (χ0) is 15.2. The lowest BCUT2D eigenvalue weighted by molar-refractivity contribution is 0.233. The van der Waals surface area contributed by atoms with Crippen molar-refractivity contribution in [1.29, 1.82) is 0 Å². The number of nitrogens with zero attached hydrogens (tertiary/aromatic N) is 1. The van der Waals surface area contributed by atoms with E-state index in [9.17, 15) is 4.79 Å². The number of H-pyrrole nitrogens is 1. The van der Waals surface area contributed by atoms with Crippen LogP contribution in [0.1, 0.15) is 31.2 Å². The minimum Gasteiger partial charge on any atom is -0.396 e. The van der Waals surface area contributed by atoms with Gasteiger partial charge in [0, 0.05) is 12.6 Å². The van der Waals surface area contributed by atoms with Crippen molar-refractivity contribution >= 4 is 17.1 Å². The van der Waals surface area contributed by atoms with Gasteiger partial charge < -0.3 is 20.7 Å². The van der Waals surface area contributed by atoms with E-state index in [1.54, 1.807) is 0 Å². The van der Waals surface area contributed by atoms with Gasteiger partial charge in [0.15, 0.2) is 0 Å². The summed E-state index contributed by atoms with van der Waals surface area (Å²) in [4.78, 5) is 19.4. The first-order chi connectivity index (χ1) is 10.1. The molecule has 2 amide bonds. The van der Waals surface area contributed by atoms with Crippen molar-refractivity contribution in [3.63, 3.8) is 0 Å². The summed E-state index contributed by atoms with van der Waals surface area (Å²) in [6.45, 7) is 4.42. The molecule has 1 aromatic carbocycles. The lowest BCUT2D eigenvalue weighted by atomic mass is 10.2. The number of fused-ring (bicyclic) bond motifs is 1. The van der Waals surface area contributed by atoms with Gasteiger partial charge in [-0.15, -0.1) is 0 Å². The number of carbonyl (C=O) groups is 1. The maximum absolute atomic E-state index is 11.7. The van der Waals surface area contributed by atoms with Gasteiger partial charge in [-0.25, -0.2) is 9.78 Å². The Hall–Kier alpha value is -2.08. The first-order valence-electron chi connectivity index (χ1n) is 7.19. The Morgan fingerprint density at radius 2 is 2.29 bits per heavy atom. The topological polar surface area (TPSA) is 90.0 Å². The van der Waals surface area contributed by atoms with Crippen LogP contribution in [0.4, 0.5) is 4.79 Å². The first kappa shape index (κ1) is 15.3. The zero-order valence-corrected chi connectivity index (χ0v) is 12.4. The van der Waals surface area contributed by atoms with E-state index < -0.39 is 0 Å². The normalized spacial score (nSPS) is 12.3. The maximum Gasteiger partial charge on any atom is 0.315 e. The van der Waals surface area contributed by atoms with E-state index in [4.69, 9.17) is 5.11 Å². The lowest BCUT2D eigenvalue weighted by Gasteiger charge is -2.13. The Balaban J connectivity index is 1.86. The Labute approximate surface area is 124 Å². The van der Waals surface area contributed by atoms with Crippen LogP contribution in [0.5, 0.6) is 0 Å². The number of nitrogens with one attached hydrogen (secondary N) is 3. The van der Waals surface area contributed by atoms with Gasteiger partial charge in [0.05, 0.1) is 17.6 Å². The van der Waals surface area contributed by atoms with Crippen molar-refractivity contribution in [2.45, 2.75) is 39.3 Å². The molecular weight excluding hydrogens is 268 g/mol. The van der Waals surface area contributed by atoms with Gasteiger partial charge >= 0.3 is 6.03 Å². The molecule has 6 nitrogen and oxygen atoms in total. The number of hydrogen-bond donors (Lipinski definition) is 4. The van der Waals surface area contributed by atoms with Crippen LogP contribution in [0.15, 0.2) is 18.2 Å². The molecule has 1 unspecified atom stereocenters. The summed E-state index contributed by atoms with van der Waals surface area (Å²) < 4.78 is 0. The van der Waals surface area contributed by atoms with Gasteiger partial charge in [-0.05, 0) is 38.3 Å². The fraction of sp³-hybridized carbons (Fsp3) is 0.467. The summed E-state index contributed by atoms with van der Waals surface area (Å²) >= 11 is 0. The summed E-state index contributed by atoms with van der Waals surface area (Å²) in [5.74, 6) is 0.734. The summed E-state index contributed by atoms with van der Waals surface area (Å²) in [7, 11) is 0. The molecule has 0 fully saturated rings. The van der Waals surface area contributed by atoms with Crippen LogP contribution in [0.3, 0.4) is 0 Å². The number of aromatic amines is 1. The van der Waals surface area contributed by atoms with Crippen LogP contribution in [-0.4, -0.2) is 33.8 Å². The van der Waals surface area contributed by atoms with Gasteiger partial charge in [-0.3, -0.25) is 0 Å². The largest absolute Gasteiger partial charge is 0.396 e. The van der Waals surface area contributed by atoms with Gasteiger partial charge in [0.2, 0.25) is 0 Å². The van der Waals surface area contributed by atoms with Gasteiger partial charge in [0.1, 0.15) is 5.82 Å². The molecule has 2 rings (SSSR count). The van der Waals surface area contributed by atoms with Crippen molar-refractivity contribution in [1.82, 2.24) is 20.6 Å². The van der Waals surface area contributed by atoms with Crippen molar-refractivity contribution in [2.24, 2.45) is 0 Å². The molecule has 0 spiro atoms.